The summed E-state index contributed by atoms with van der Waals surface area (Å²) in [6.07, 6.45) is 3.53. The van der Waals surface area contributed by atoms with Gasteiger partial charge in [0.25, 0.3) is 0 Å². The Labute approximate surface area is 80.9 Å². The average Bonchev–Trinajstić information content (AvgIpc) is 2.34. The van der Waals surface area contributed by atoms with E-state index in [-0.39, 0.29) is 6.10 Å². The highest BCUT2D eigenvalue weighted by atomic mass is 16.3. The first-order valence-electron chi connectivity index (χ1n) is 5.51. The Bertz CT molecular complexity index is 193. The van der Waals surface area contributed by atoms with Crippen LogP contribution in [-0.2, 0) is 0 Å². The molecular formula is C11H21NO. The van der Waals surface area contributed by atoms with Crippen LogP contribution in [0.2, 0.25) is 0 Å². The van der Waals surface area contributed by atoms with E-state index in [0.29, 0.717) is 23.9 Å². The van der Waals surface area contributed by atoms with Gasteiger partial charge in [0, 0.05) is 18.0 Å². The van der Waals surface area contributed by atoms with Gasteiger partial charge in [0.05, 0.1) is 6.10 Å². The molecule has 0 saturated carbocycles. The SMILES string of the molecule is CC(C)C1C(O)CC2CCC1N2C. The lowest BCUT2D eigenvalue weighted by molar-refractivity contribution is -0.0267. The number of fused-ring (bicyclic) bond motifs is 2. The molecule has 0 aromatic heterocycles. The molecule has 0 aromatic carbocycles. The molecule has 2 saturated heterocycles. The van der Waals surface area contributed by atoms with Gasteiger partial charge < -0.3 is 5.11 Å². The number of aliphatic hydroxyl groups excluding tert-OH is 1. The third-order valence-corrected chi connectivity index (χ3v) is 4.07. The predicted octanol–water partition coefficient (Wildman–Crippen LogP) is 1.49. The van der Waals surface area contributed by atoms with Crippen LogP contribution in [0.4, 0.5) is 0 Å². The molecule has 0 aromatic rings. The zero-order valence-corrected chi connectivity index (χ0v) is 8.90. The van der Waals surface area contributed by atoms with Crippen molar-refractivity contribution < 1.29 is 5.11 Å². The number of hydrogen-bond donors (Lipinski definition) is 1. The predicted molar refractivity (Wildman–Crippen MR) is 53.5 cm³/mol. The maximum Gasteiger partial charge on any atom is 0.0600 e. The summed E-state index contributed by atoms with van der Waals surface area (Å²) in [5, 5.41) is 10.0. The number of hydrogen-bond acceptors (Lipinski definition) is 2. The highest BCUT2D eigenvalue weighted by molar-refractivity contribution is 4.99. The van der Waals surface area contributed by atoms with Crippen molar-refractivity contribution in [3.63, 3.8) is 0 Å². The van der Waals surface area contributed by atoms with Gasteiger partial charge in [-0.2, -0.15) is 0 Å². The van der Waals surface area contributed by atoms with Crippen molar-refractivity contribution >= 4 is 0 Å². The molecule has 4 atom stereocenters. The molecule has 1 N–H and O–H groups in total. The largest absolute Gasteiger partial charge is 0.393 e. The maximum atomic E-state index is 10.0. The molecule has 0 aliphatic carbocycles. The van der Waals surface area contributed by atoms with Gasteiger partial charge in [-0.25, -0.2) is 0 Å². The Morgan fingerprint density at radius 3 is 2.62 bits per heavy atom. The lowest BCUT2D eigenvalue weighted by Crippen LogP contribution is -2.50. The molecule has 0 spiro atoms. The standard InChI is InChI=1S/C11H21NO/c1-7(2)11-9-5-4-8(12(9)3)6-10(11)13/h7-11,13H,4-6H2,1-3H3. The van der Waals surface area contributed by atoms with E-state index >= 15 is 0 Å². The molecule has 2 nitrogen and oxygen atoms in total. The number of rotatable bonds is 1. The van der Waals surface area contributed by atoms with Crippen LogP contribution < -0.4 is 0 Å². The van der Waals surface area contributed by atoms with E-state index in [1.807, 2.05) is 0 Å². The van der Waals surface area contributed by atoms with Gasteiger partial charge in [0.1, 0.15) is 0 Å². The van der Waals surface area contributed by atoms with Gasteiger partial charge in [-0.05, 0) is 32.2 Å². The van der Waals surface area contributed by atoms with Crippen molar-refractivity contribution in [2.45, 2.75) is 51.3 Å². The summed E-state index contributed by atoms with van der Waals surface area (Å²) in [4.78, 5) is 2.50. The highest BCUT2D eigenvalue weighted by Gasteiger charge is 2.45. The van der Waals surface area contributed by atoms with Crippen molar-refractivity contribution in [2.75, 3.05) is 7.05 Å². The molecule has 2 aliphatic rings. The minimum absolute atomic E-state index is 0.0475. The van der Waals surface area contributed by atoms with Gasteiger partial charge in [-0.1, -0.05) is 13.8 Å². The molecule has 2 fully saturated rings. The smallest absolute Gasteiger partial charge is 0.0600 e. The van der Waals surface area contributed by atoms with Crippen molar-refractivity contribution in [1.29, 1.82) is 0 Å². The van der Waals surface area contributed by atoms with E-state index in [1.54, 1.807) is 0 Å². The van der Waals surface area contributed by atoms with Gasteiger partial charge in [-0.15, -0.1) is 0 Å². The third kappa shape index (κ3) is 1.40. The molecule has 2 rings (SSSR count). The summed E-state index contributed by atoms with van der Waals surface area (Å²) in [6.45, 7) is 4.47. The Balaban J connectivity index is 2.17. The number of piperidine rings is 1. The molecule has 13 heavy (non-hydrogen) atoms. The Kier molecular flexibility index (Phi) is 2.37. The minimum Gasteiger partial charge on any atom is -0.393 e. The van der Waals surface area contributed by atoms with E-state index in [4.69, 9.17) is 0 Å². The van der Waals surface area contributed by atoms with Gasteiger partial charge in [0.15, 0.2) is 0 Å². The molecule has 2 bridgehead atoms. The summed E-state index contributed by atoms with van der Waals surface area (Å²) in [7, 11) is 2.23. The summed E-state index contributed by atoms with van der Waals surface area (Å²) in [5.74, 6) is 1.12. The van der Waals surface area contributed by atoms with Crippen LogP contribution in [0.25, 0.3) is 0 Å². The van der Waals surface area contributed by atoms with Crippen molar-refractivity contribution in [1.82, 2.24) is 4.90 Å². The topological polar surface area (TPSA) is 23.5 Å². The van der Waals surface area contributed by atoms with E-state index < -0.39 is 0 Å². The van der Waals surface area contributed by atoms with E-state index in [1.165, 1.54) is 12.8 Å². The summed E-state index contributed by atoms with van der Waals surface area (Å²) in [5.41, 5.74) is 0. The van der Waals surface area contributed by atoms with Crippen LogP contribution in [0.1, 0.15) is 33.1 Å². The first kappa shape index (κ1) is 9.47. The fourth-order valence-electron chi connectivity index (χ4n) is 3.37. The lowest BCUT2D eigenvalue weighted by atomic mass is 9.80. The molecule has 0 radical (unpaired) electrons. The molecule has 2 heterocycles. The Morgan fingerprint density at radius 2 is 2.00 bits per heavy atom. The molecule has 2 heteroatoms. The fourth-order valence-corrected chi connectivity index (χ4v) is 3.37. The van der Waals surface area contributed by atoms with Crippen LogP contribution in [0.5, 0.6) is 0 Å². The first-order chi connectivity index (χ1) is 6.11. The molecule has 76 valence electrons. The summed E-state index contributed by atoms with van der Waals surface area (Å²) < 4.78 is 0. The molecule has 4 unspecified atom stereocenters. The second-order valence-electron chi connectivity index (χ2n) is 5.09. The van der Waals surface area contributed by atoms with E-state index in [2.05, 4.69) is 25.8 Å². The van der Waals surface area contributed by atoms with Gasteiger partial charge in [-0.3, -0.25) is 4.90 Å². The zero-order chi connectivity index (χ0) is 9.59. The van der Waals surface area contributed by atoms with Crippen molar-refractivity contribution in [2.24, 2.45) is 11.8 Å². The Hall–Kier alpha value is -0.0800. The van der Waals surface area contributed by atoms with Crippen LogP contribution in [-0.4, -0.2) is 35.2 Å². The molecule has 0 amide bonds. The number of nitrogens with zero attached hydrogens (tertiary/aromatic N) is 1. The Morgan fingerprint density at radius 1 is 1.31 bits per heavy atom. The van der Waals surface area contributed by atoms with Crippen LogP contribution in [0, 0.1) is 11.8 Å². The van der Waals surface area contributed by atoms with Crippen molar-refractivity contribution in [3.05, 3.63) is 0 Å². The van der Waals surface area contributed by atoms with Gasteiger partial charge in [0.2, 0.25) is 0 Å². The van der Waals surface area contributed by atoms with E-state index in [0.717, 1.165) is 6.42 Å². The van der Waals surface area contributed by atoms with Gasteiger partial charge >= 0.3 is 0 Å². The highest BCUT2D eigenvalue weighted by Crippen LogP contribution is 2.41. The van der Waals surface area contributed by atoms with Crippen LogP contribution in [0.15, 0.2) is 0 Å². The van der Waals surface area contributed by atoms with Crippen molar-refractivity contribution in [3.8, 4) is 0 Å². The average molecular weight is 183 g/mol. The monoisotopic (exact) mass is 183 g/mol. The molecular weight excluding hydrogens is 162 g/mol. The zero-order valence-electron chi connectivity index (χ0n) is 8.90. The summed E-state index contributed by atoms with van der Waals surface area (Å²) in [6, 6.07) is 1.31. The summed E-state index contributed by atoms with van der Waals surface area (Å²) >= 11 is 0. The number of aliphatic hydroxyl groups is 1. The van der Waals surface area contributed by atoms with Crippen LogP contribution in [0.3, 0.4) is 0 Å². The second-order valence-corrected chi connectivity index (χ2v) is 5.09. The first-order valence-corrected chi connectivity index (χ1v) is 5.51. The lowest BCUT2D eigenvalue weighted by Gasteiger charge is -2.42. The second kappa shape index (κ2) is 3.25. The third-order valence-electron chi connectivity index (χ3n) is 4.07. The van der Waals surface area contributed by atoms with Crippen LogP contribution >= 0.6 is 0 Å². The maximum absolute atomic E-state index is 10.0. The quantitative estimate of drug-likeness (QED) is 0.665. The molecule has 2 aliphatic heterocycles. The fraction of sp³-hybridized carbons (Fsp3) is 1.00. The van der Waals surface area contributed by atoms with E-state index in [9.17, 15) is 5.11 Å². The minimum atomic E-state index is -0.0475. The normalized spacial score (nSPS) is 45.9.